The highest BCUT2D eigenvalue weighted by Crippen LogP contribution is 2.24. The van der Waals surface area contributed by atoms with E-state index in [9.17, 15) is 14.0 Å². The molecule has 0 amide bonds. The van der Waals surface area contributed by atoms with E-state index < -0.39 is 11.5 Å². The average molecular weight is 303 g/mol. The zero-order chi connectivity index (χ0) is 16.3. The van der Waals surface area contributed by atoms with Crippen LogP contribution in [0.1, 0.15) is 33.2 Å². The van der Waals surface area contributed by atoms with Crippen LogP contribution in [-0.4, -0.2) is 26.8 Å². The highest BCUT2D eigenvalue weighted by Gasteiger charge is 2.30. The van der Waals surface area contributed by atoms with Crippen molar-refractivity contribution in [3.8, 4) is 0 Å². The Morgan fingerprint density at radius 3 is 2.41 bits per heavy atom. The molecule has 0 saturated carbocycles. The third-order valence-corrected chi connectivity index (χ3v) is 3.40. The quantitative estimate of drug-likeness (QED) is 0.694. The van der Waals surface area contributed by atoms with Gasteiger partial charge in [-0.2, -0.15) is 5.10 Å². The standard InChI is InChI=1S/C10H15N3O2.C6H3F/c1-10(2,3)9(15)8(4-5-14)13-7-11-6-12-13;7-6-3-4-1-2-5(4)6/h5-8H,4H2,1-3H3;1-3H. The first-order valence-electron chi connectivity index (χ1n) is 6.96. The molecule has 2 aliphatic rings. The smallest absolute Gasteiger partial charge is 0.163 e. The van der Waals surface area contributed by atoms with Crippen molar-refractivity contribution in [2.45, 2.75) is 33.2 Å². The number of hydrogen-bond donors (Lipinski definition) is 0. The molecule has 116 valence electrons. The van der Waals surface area contributed by atoms with Gasteiger partial charge in [-0.05, 0) is 11.3 Å². The molecular weight excluding hydrogens is 285 g/mol. The van der Waals surface area contributed by atoms with Gasteiger partial charge in [0.1, 0.15) is 30.8 Å². The second-order valence-electron chi connectivity index (χ2n) is 6.10. The van der Waals surface area contributed by atoms with Gasteiger partial charge in [0, 0.05) is 17.1 Å². The van der Waals surface area contributed by atoms with Crippen LogP contribution in [-0.2, 0) is 9.59 Å². The normalized spacial score (nSPS) is 12.9. The fourth-order valence-corrected chi connectivity index (χ4v) is 2.05. The molecule has 0 aliphatic heterocycles. The van der Waals surface area contributed by atoms with Crippen LogP contribution >= 0.6 is 0 Å². The topological polar surface area (TPSA) is 64.8 Å². The summed E-state index contributed by atoms with van der Waals surface area (Å²) < 4.78 is 13.4. The maximum Gasteiger partial charge on any atom is 0.163 e. The van der Waals surface area contributed by atoms with E-state index in [0.717, 1.165) is 16.7 Å². The Morgan fingerprint density at radius 2 is 2.14 bits per heavy atom. The Hall–Kier alpha value is -2.37. The van der Waals surface area contributed by atoms with Gasteiger partial charge in [0.15, 0.2) is 5.78 Å². The summed E-state index contributed by atoms with van der Waals surface area (Å²) in [7, 11) is 0. The van der Waals surface area contributed by atoms with Crippen molar-refractivity contribution in [1.82, 2.24) is 14.8 Å². The van der Waals surface area contributed by atoms with Crippen molar-refractivity contribution >= 4 is 12.1 Å². The number of halogens is 1. The summed E-state index contributed by atoms with van der Waals surface area (Å²) in [6, 6.07) is 4.68. The highest BCUT2D eigenvalue weighted by molar-refractivity contribution is 5.88. The number of Topliss-reactive ketones (excluding diaryl/α,β-unsaturated/α-hetero) is 1. The van der Waals surface area contributed by atoms with Gasteiger partial charge in [-0.15, -0.1) is 0 Å². The number of rotatable bonds is 4. The predicted molar refractivity (Wildman–Crippen MR) is 78.3 cm³/mol. The van der Waals surface area contributed by atoms with Crippen molar-refractivity contribution in [1.29, 1.82) is 0 Å². The van der Waals surface area contributed by atoms with E-state index >= 15 is 0 Å². The zero-order valence-electron chi connectivity index (χ0n) is 12.8. The van der Waals surface area contributed by atoms with E-state index in [2.05, 4.69) is 10.1 Å². The number of nitrogens with zero attached hydrogens (tertiary/aromatic N) is 3. The minimum Gasteiger partial charge on any atom is -0.303 e. The average Bonchev–Trinajstić information content (AvgIpc) is 2.94. The molecular formula is C16H18FN3O2. The van der Waals surface area contributed by atoms with Crippen molar-refractivity contribution in [3.05, 3.63) is 47.1 Å². The van der Waals surface area contributed by atoms with E-state index in [-0.39, 0.29) is 18.0 Å². The lowest BCUT2D eigenvalue weighted by Crippen LogP contribution is -2.31. The fraction of sp³-hybridized carbons (Fsp3) is 0.375. The third kappa shape index (κ3) is 3.27. The lowest BCUT2D eigenvalue weighted by Gasteiger charge is -2.23. The van der Waals surface area contributed by atoms with Crippen molar-refractivity contribution in [2.24, 2.45) is 5.41 Å². The minimum absolute atomic E-state index is 0.0138. The van der Waals surface area contributed by atoms with E-state index in [4.69, 9.17) is 0 Å². The first-order valence-corrected chi connectivity index (χ1v) is 6.96. The Labute approximate surface area is 127 Å². The largest absolute Gasteiger partial charge is 0.303 e. The zero-order valence-corrected chi connectivity index (χ0v) is 12.8. The monoisotopic (exact) mass is 303 g/mol. The number of hydrogen-bond acceptors (Lipinski definition) is 4. The van der Waals surface area contributed by atoms with Gasteiger partial charge in [0.25, 0.3) is 0 Å². The van der Waals surface area contributed by atoms with Gasteiger partial charge in [-0.3, -0.25) is 4.79 Å². The van der Waals surface area contributed by atoms with Crippen molar-refractivity contribution in [3.63, 3.8) is 0 Å². The van der Waals surface area contributed by atoms with Crippen LogP contribution < -0.4 is 0 Å². The first kappa shape index (κ1) is 16.0. The molecule has 0 radical (unpaired) electrons. The Kier molecular flexibility index (Phi) is 4.49. The highest BCUT2D eigenvalue weighted by atomic mass is 19.1. The summed E-state index contributed by atoms with van der Waals surface area (Å²) in [4.78, 5) is 26.3. The second-order valence-corrected chi connectivity index (χ2v) is 6.10. The molecule has 1 aromatic heterocycles. The maximum absolute atomic E-state index is 12.0. The fourth-order valence-electron chi connectivity index (χ4n) is 2.05. The van der Waals surface area contributed by atoms with Gasteiger partial charge in [-0.1, -0.05) is 32.9 Å². The van der Waals surface area contributed by atoms with E-state index in [0.29, 0.717) is 0 Å². The molecule has 22 heavy (non-hydrogen) atoms. The predicted octanol–water partition coefficient (Wildman–Crippen LogP) is 2.45. The van der Waals surface area contributed by atoms with Crippen LogP contribution in [0.5, 0.6) is 0 Å². The van der Waals surface area contributed by atoms with E-state index in [1.807, 2.05) is 26.8 Å². The summed E-state index contributed by atoms with van der Waals surface area (Å²) in [5.74, 6) is -0.0717. The summed E-state index contributed by atoms with van der Waals surface area (Å²) in [6.07, 6.45) is 3.68. The molecule has 0 fully saturated rings. The summed E-state index contributed by atoms with van der Waals surface area (Å²) in [5, 5.41) is 5.77. The number of carbonyl (C=O) groups excluding carboxylic acids is 2. The molecule has 0 saturated heterocycles. The van der Waals surface area contributed by atoms with E-state index in [1.165, 1.54) is 23.4 Å². The number of aromatic nitrogens is 3. The lowest BCUT2D eigenvalue weighted by molar-refractivity contribution is -0.131. The molecule has 0 aromatic carbocycles. The second kappa shape index (κ2) is 6.17. The summed E-state index contributed by atoms with van der Waals surface area (Å²) >= 11 is 0. The third-order valence-electron chi connectivity index (χ3n) is 3.40. The molecule has 0 spiro atoms. The number of carbonyl (C=O) groups is 2. The molecule has 6 heteroatoms. The summed E-state index contributed by atoms with van der Waals surface area (Å²) in [6.45, 7) is 5.47. The number of benzene rings is 1. The molecule has 1 unspecified atom stereocenters. The molecule has 1 heterocycles. The van der Waals surface area contributed by atoms with Gasteiger partial charge < -0.3 is 4.79 Å². The molecule has 1 atom stereocenters. The minimum atomic E-state index is -0.537. The van der Waals surface area contributed by atoms with Gasteiger partial charge in [0.05, 0.1) is 0 Å². The van der Waals surface area contributed by atoms with Crippen LogP contribution in [0.25, 0.3) is 0 Å². The van der Waals surface area contributed by atoms with Crippen molar-refractivity contribution in [2.75, 3.05) is 0 Å². The van der Waals surface area contributed by atoms with Gasteiger partial charge in [-0.25, -0.2) is 14.1 Å². The Bertz CT molecular complexity index is 764. The van der Waals surface area contributed by atoms with Crippen molar-refractivity contribution < 1.29 is 14.0 Å². The molecule has 5 nitrogen and oxygen atoms in total. The van der Waals surface area contributed by atoms with Gasteiger partial charge in [0.2, 0.25) is 0 Å². The van der Waals surface area contributed by atoms with Gasteiger partial charge >= 0.3 is 0 Å². The Balaban J connectivity index is 0.000000205. The molecule has 3 rings (SSSR count). The lowest BCUT2D eigenvalue weighted by atomic mass is 9.85. The SMILES string of the molecule is CC(C)(C)C(=O)C(CC=O)n1cncn1.Fc1cc2ccc1=2. The maximum atomic E-state index is 12.0. The first-order chi connectivity index (χ1) is 10.3. The van der Waals surface area contributed by atoms with Crippen LogP contribution in [0.4, 0.5) is 4.39 Å². The number of ketones is 1. The van der Waals surface area contributed by atoms with Crippen LogP contribution in [0.3, 0.4) is 0 Å². The number of aldehydes is 1. The molecule has 0 N–H and O–H groups in total. The molecule has 0 bridgehead atoms. The molecule has 1 aromatic rings. The summed E-state index contributed by atoms with van der Waals surface area (Å²) in [5.41, 5.74) is -0.486. The molecule has 2 aliphatic carbocycles. The Morgan fingerprint density at radius 1 is 1.41 bits per heavy atom. The van der Waals surface area contributed by atoms with Crippen LogP contribution in [0, 0.1) is 21.7 Å². The van der Waals surface area contributed by atoms with Crippen LogP contribution in [0.2, 0.25) is 0 Å². The van der Waals surface area contributed by atoms with Crippen LogP contribution in [0.15, 0.2) is 30.9 Å². The van der Waals surface area contributed by atoms with E-state index in [1.54, 1.807) is 6.07 Å².